The van der Waals surface area contributed by atoms with Crippen LogP contribution in [-0.4, -0.2) is 30.0 Å². The number of hydrogen-bond acceptors (Lipinski definition) is 4. The van der Waals surface area contributed by atoms with Crippen molar-refractivity contribution in [1.82, 2.24) is 10.3 Å². The van der Waals surface area contributed by atoms with Gasteiger partial charge in [0.15, 0.2) is 0 Å². The minimum Gasteiger partial charge on any atom is -0.369 e. The molecule has 2 heterocycles. The molecule has 0 unspecified atom stereocenters. The van der Waals surface area contributed by atoms with Crippen LogP contribution in [0.15, 0.2) is 6.07 Å². The fraction of sp³-hybridized carbons (Fsp3) is 0.600. The average molecular weight is 274 g/mol. The van der Waals surface area contributed by atoms with E-state index in [1.54, 1.807) is 0 Å². The molecule has 1 aliphatic carbocycles. The lowest BCUT2D eigenvalue weighted by atomic mass is 10.1. The van der Waals surface area contributed by atoms with Gasteiger partial charge in [0, 0.05) is 18.3 Å². The van der Waals surface area contributed by atoms with Crippen molar-refractivity contribution in [2.24, 2.45) is 5.73 Å². The molecule has 1 amide bonds. The van der Waals surface area contributed by atoms with Crippen molar-refractivity contribution in [3.63, 3.8) is 0 Å². The highest BCUT2D eigenvalue weighted by Crippen LogP contribution is 2.25. The van der Waals surface area contributed by atoms with E-state index < -0.39 is 5.91 Å². The number of aromatic nitrogens is 1. The summed E-state index contributed by atoms with van der Waals surface area (Å²) < 4.78 is 0. The van der Waals surface area contributed by atoms with E-state index in [9.17, 15) is 4.79 Å². The van der Waals surface area contributed by atoms with Gasteiger partial charge in [-0.1, -0.05) is 0 Å². The fourth-order valence-electron chi connectivity index (χ4n) is 3.16. The Labute approximate surface area is 119 Å². The highest BCUT2D eigenvalue weighted by molar-refractivity contribution is 5.97. The van der Waals surface area contributed by atoms with E-state index >= 15 is 0 Å². The summed E-state index contributed by atoms with van der Waals surface area (Å²) in [6.45, 7) is 1.94. The Morgan fingerprint density at radius 3 is 3.10 bits per heavy atom. The topological polar surface area (TPSA) is 80.0 Å². The van der Waals surface area contributed by atoms with Gasteiger partial charge in [-0.25, -0.2) is 4.98 Å². The van der Waals surface area contributed by atoms with Crippen molar-refractivity contribution in [1.29, 1.82) is 0 Å². The highest BCUT2D eigenvalue weighted by atomic mass is 16.1. The summed E-state index contributed by atoms with van der Waals surface area (Å²) in [5.41, 5.74) is 8.31. The number of nitrogens with one attached hydrogen (secondary N) is 2. The van der Waals surface area contributed by atoms with Gasteiger partial charge in [0.25, 0.3) is 5.91 Å². The van der Waals surface area contributed by atoms with Gasteiger partial charge in [-0.3, -0.25) is 4.79 Å². The zero-order valence-corrected chi connectivity index (χ0v) is 11.7. The van der Waals surface area contributed by atoms with E-state index in [0.717, 1.165) is 44.5 Å². The van der Waals surface area contributed by atoms with Crippen LogP contribution in [-0.2, 0) is 12.8 Å². The minimum atomic E-state index is -0.395. The van der Waals surface area contributed by atoms with Gasteiger partial charge in [0.1, 0.15) is 5.82 Å². The summed E-state index contributed by atoms with van der Waals surface area (Å²) in [5.74, 6) is 0.268. The van der Waals surface area contributed by atoms with E-state index in [2.05, 4.69) is 15.6 Å². The Hall–Kier alpha value is -1.62. The van der Waals surface area contributed by atoms with E-state index in [1.165, 1.54) is 18.4 Å². The summed E-state index contributed by atoms with van der Waals surface area (Å²) in [5, 5.41) is 6.77. The molecule has 1 aromatic heterocycles. The predicted octanol–water partition coefficient (Wildman–Crippen LogP) is 1.22. The number of primary amides is 1. The van der Waals surface area contributed by atoms with Gasteiger partial charge in [-0.15, -0.1) is 0 Å². The highest BCUT2D eigenvalue weighted by Gasteiger charge is 2.19. The zero-order chi connectivity index (χ0) is 13.9. The van der Waals surface area contributed by atoms with Crippen LogP contribution in [0.5, 0.6) is 0 Å². The number of hydrogen-bond donors (Lipinski definition) is 3. The molecule has 0 aromatic carbocycles. The van der Waals surface area contributed by atoms with Crippen molar-refractivity contribution in [3.05, 3.63) is 22.9 Å². The average Bonchev–Trinajstić information content (AvgIpc) is 3.07. The van der Waals surface area contributed by atoms with Crippen LogP contribution in [0.1, 0.15) is 47.3 Å². The first kappa shape index (κ1) is 13.4. The molecule has 1 aromatic rings. The molecule has 1 aliphatic heterocycles. The molecule has 1 atom stereocenters. The Bertz CT molecular complexity index is 509. The largest absolute Gasteiger partial charge is 0.369 e. The Morgan fingerprint density at radius 1 is 1.45 bits per heavy atom. The quantitative estimate of drug-likeness (QED) is 0.754. The summed E-state index contributed by atoms with van der Waals surface area (Å²) in [6, 6.07) is 2.52. The van der Waals surface area contributed by atoms with Crippen LogP contribution in [0.4, 0.5) is 5.82 Å². The van der Waals surface area contributed by atoms with Crippen LogP contribution >= 0.6 is 0 Å². The van der Waals surface area contributed by atoms with Crippen molar-refractivity contribution in [3.8, 4) is 0 Å². The SMILES string of the molecule is NC(=O)c1cc2c(nc1NCC[C@@H]1CCCN1)CCC2. The van der Waals surface area contributed by atoms with Crippen LogP contribution in [0.2, 0.25) is 0 Å². The van der Waals surface area contributed by atoms with Gasteiger partial charge in [-0.2, -0.15) is 0 Å². The fourth-order valence-corrected chi connectivity index (χ4v) is 3.16. The molecule has 0 radical (unpaired) electrons. The summed E-state index contributed by atoms with van der Waals surface area (Å²) in [6.07, 6.45) is 6.69. The first-order valence-electron chi connectivity index (χ1n) is 7.54. The normalized spacial score (nSPS) is 20.9. The third-order valence-corrected chi connectivity index (χ3v) is 4.26. The number of fused-ring (bicyclic) bond motifs is 1. The third-order valence-electron chi connectivity index (χ3n) is 4.26. The van der Waals surface area contributed by atoms with Crippen molar-refractivity contribution in [2.75, 3.05) is 18.4 Å². The number of amides is 1. The van der Waals surface area contributed by atoms with Gasteiger partial charge < -0.3 is 16.4 Å². The summed E-state index contributed by atoms with van der Waals surface area (Å²) in [4.78, 5) is 16.2. The Balaban J connectivity index is 1.69. The van der Waals surface area contributed by atoms with Gasteiger partial charge >= 0.3 is 0 Å². The summed E-state index contributed by atoms with van der Waals surface area (Å²) >= 11 is 0. The maximum absolute atomic E-state index is 11.6. The van der Waals surface area contributed by atoms with Gasteiger partial charge in [-0.05, 0) is 56.7 Å². The lowest BCUT2D eigenvalue weighted by Gasteiger charge is -2.14. The second-order valence-corrected chi connectivity index (χ2v) is 5.72. The maximum Gasteiger partial charge on any atom is 0.252 e. The lowest BCUT2D eigenvalue weighted by Crippen LogP contribution is -2.25. The van der Waals surface area contributed by atoms with E-state index in [0.29, 0.717) is 17.4 Å². The Morgan fingerprint density at radius 2 is 2.35 bits per heavy atom. The molecule has 1 saturated heterocycles. The lowest BCUT2D eigenvalue weighted by molar-refractivity contribution is 0.100. The molecule has 0 saturated carbocycles. The number of pyridine rings is 1. The maximum atomic E-state index is 11.6. The van der Waals surface area contributed by atoms with Crippen LogP contribution < -0.4 is 16.4 Å². The van der Waals surface area contributed by atoms with Crippen LogP contribution in [0.25, 0.3) is 0 Å². The van der Waals surface area contributed by atoms with Crippen molar-refractivity contribution in [2.45, 2.75) is 44.6 Å². The minimum absolute atomic E-state index is 0.395. The number of carbonyl (C=O) groups is 1. The van der Waals surface area contributed by atoms with Gasteiger partial charge in [0.05, 0.1) is 5.56 Å². The summed E-state index contributed by atoms with van der Waals surface area (Å²) in [7, 11) is 0. The number of rotatable bonds is 5. The third kappa shape index (κ3) is 2.77. The molecule has 2 aliphatic rings. The standard InChI is InChI=1S/C15H22N4O/c16-14(20)12-9-10-3-1-5-13(10)19-15(12)18-8-6-11-4-2-7-17-11/h9,11,17H,1-8H2,(H2,16,20)(H,18,19)/t11-/m0/s1. The molecule has 5 nitrogen and oxygen atoms in total. The molecule has 1 fully saturated rings. The zero-order valence-electron chi connectivity index (χ0n) is 11.7. The molecule has 5 heteroatoms. The second kappa shape index (κ2) is 5.79. The van der Waals surface area contributed by atoms with Crippen LogP contribution in [0, 0.1) is 0 Å². The predicted molar refractivity (Wildman–Crippen MR) is 78.9 cm³/mol. The molecule has 4 N–H and O–H groups in total. The second-order valence-electron chi connectivity index (χ2n) is 5.72. The molecule has 108 valence electrons. The first-order valence-corrected chi connectivity index (χ1v) is 7.54. The van der Waals surface area contributed by atoms with E-state index in [1.807, 2.05) is 6.07 Å². The molecular weight excluding hydrogens is 252 g/mol. The van der Waals surface area contributed by atoms with Crippen LogP contribution in [0.3, 0.4) is 0 Å². The smallest absolute Gasteiger partial charge is 0.252 e. The molecule has 0 bridgehead atoms. The molecule has 0 spiro atoms. The number of carbonyl (C=O) groups excluding carboxylic acids is 1. The van der Waals surface area contributed by atoms with Crippen molar-refractivity contribution >= 4 is 11.7 Å². The van der Waals surface area contributed by atoms with Crippen molar-refractivity contribution < 1.29 is 4.79 Å². The van der Waals surface area contributed by atoms with E-state index in [-0.39, 0.29) is 0 Å². The first-order chi connectivity index (χ1) is 9.74. The molecule has 20 heavy (non-hydrogen) atoms. The number of aryl methyl sites for hydroxylation is 2. The van der Waals surface area contributed by atoms with E-state index in [4.69, 9.17) is 5.73 Å². The molecule has 3 rings (SSSR count). The number of nitrogens with zero attached hydrogens (tertiary/aromatic N) is 1. The molecular formula is C15H22N4O. The Kier molecular flexibility index (Phi) is 3.87. The van der Waals surface area contributed by atoms with Gasteiger partial charge in [0.2, 0.25) is 0 Å². The number of anilines is 1. The monoisotopic (exact) mass is 274 g/mol. The number of nitrogens with two attached hydrogens (primary N) is 1.